The van der Waals surface area contributed by atoms with Gasteiger partial charge in [0.05, 0.1) is 23.0 Å². The van der Waals surface area contributed by atoms with Gasteiger partial charge in [0.25, 0.3) is 0 Å². The Morgan fingerprint density at radius 1 is 1.14 bits per heavy atom. The molecule has 6 nitrogen and oxygen atoms in total. The van der Waals surface area contributed by atoms with Crippen LogP contribution < -0.4 is 0 Å². The van der Waals surface area contributed by atoms with Gasteiger partial charge in [0.1, 0.15) is 16.4 Å². The third kappa shape index (κ3) is 2.43. The van der Waals surface area contributed by atoms with E-state index >= 15 is 0 Å². The molecule has 0 fully saturated rings. The quantitative estimate of drug-likeness (QED) is 0.537. The van der Waals surface area contributed by atoms with E-state index in [1.165, 1.54) is 12.4 Å². The van der Waals surface area contributed by atoms with Gasteiger partial charge in [0.2, 0.25) is 0 Å². The molecule has 0 aliphatic rings. The lowest BCUT2D eigenvalue weighted by atomic mass is 10.1. The van der Waals surface area contributed by atoms with Crippen LogP contribution in [-0.2, 0) is 0 Å². The van der Waals surface area contributed by atoms with Gasteiger partial charge in [-0.15, -0.1) is 0 Å². The van der Waals surface area contributed by atoms with Crippen molar-refractivity contribution in [3.8, 4) is 16.9 Å². The maximum Gasteiger partial charge on any atom is 0.303 e. The van der Waals surface area contributed by atoms with Crippen LogP contribution in [0.5, 0.6) is 0 Å². The van der Waals surface area contributed by atoms with E-state index in [0.29, 0.717) is 10.2 Å². The molecule has 104 valence electrons. The van der Waals surface area contributed by atoms with Crippen molar-refractivity contribution >= 4 is 21.6 Å². The highest BCUT2D eigenvalue weighted by Crippen LogP contribution is 2.32. The Balaban J connectivity index is 2.18. The number of halogens is 1. The molecule has 0 saturated carbocycles. The van der Waals surface area contributed by atoms with E-state index in [-0.39, 0.29) is 5.69 Å². The van der Waals surface area contributed by atoms with Crippen LogP contribution in [0.15, 0.2) is 59.5 Å². The van der Waals surface area contributed by atoms with E-state index in [1.54, 1.807) is 10.9 Å². The maximum absolute atomic E-state index is 11.0. The van der Waals surface area contributed by atoms with Gasteiger partial charge in [-0.25, -0.2) is 4.68 Å². The van der Waals surface area contributed by atoms with Crippen molar-refractivity contribution < 1.29 is 4.92 Å². The highest BCUT2D eigenvalue weighted by molar-refractivity contribution is 9.10. The van der Waals surface area contributed by atoms with Crippen molar-refractivity contribution in [2.45, 2.75) is 0 Å². The molecule has 0 unspecified atom stereocenters. The van der Waals surface area contributed by atoms with Gasteiger partial charge in [-0.2, -0.15) is 5.10 Å². The minimum absolute atomic E-state index is 0.0954. The molecule has 2 heterocycles. The second-order valence-corrected chi connectivity index (χ2v) is 5.04. The topological polar surface area (TPSA) is 73.8 Å². The Morgan fingerprint density at radius 3 is 2.62 bits per heavy atom. The van der Waals surface area contributed by atoms with Crippen molar-refractivity contribution in [1.29, 1.82) is 0 Å². The lowest BCUT2D eigenvalue weighted by Crippen LogP contribution is -2.03. The summed E-state index contributed by atoms with van der Waals surface area (Å²) in [6, 6.07) is 11.5. The first-order chi connectivity index (χ1) is 10.2. The fourth-order valence-electron chi connectivity index (χ4n) is 2.02. The molecule has 21 heavy (non-hydrogen) atoms. The molecule has 7 heteroatoms. The van der Waals surface area contributed by atoms with Crippen molar-refractivity contribution in [2.75, 3.05) is 0 Å². The average molecular weight is 345 g/mol. The van der Waals surface area contributed by atoms with Crippen LogP contribution in [0.25, 0.3) is 16.9 Å². The van der Waals surface area contributed by atoms with Gasteiger partial charge < -0.3 is 0 Å². The molecule has 1 aromatic carbocycles. The number of benzene rings is 1. The van der Waals surface area contributed by atoms with Gasteiger partial charge in [-0.05, 0) is 22.0 Å². The molecule has 3 aromatic rings. The molecule has 0 bridgehead atoms. The van der Waals surface area contributed by atoms with Crippen LogP contribution in [-0.4, -0.2) is 19.7 Å². The summed E-state index contributed by atoms with van der Waals surface area (Å²) in [6.07, 6.45) is 4.39. The lowest BCUT2D eigenvalue weighted by molar-refractivity contribution is -0.386. The predicted octanol–water partition coefficient (Wildman–Crippen LogP) is 3.61. The van der Waals surface area contributed by atoms with Crippen molar-refractivity contribution in [1.82, 2.24) is 14.8 Å². The normalized spacial score (nSPS) is 10.5. The average Bonchev–Trinajstić information content (AvgIpc) is 2.97. The Bertz CT molecular complexity index is 802. The number of nitrogens with zero attached hydrogens (tertiary/aromatic N) is 4. The summed E-state index contributed by atoms with van der Waals surface area (Å²) in [5.74, 6) is 0. The SMILES string of the molecule is O=[N+]([O-])c1cncc(-n2nccc2-c2ccccc2)c1Br. The Labute approximate surface area is 128 Å². The summed E-state index contributed by atoms with van der Waals surface area (Å²) in [5, 5.41) is 15.3. The summed E-state index contributed by atoms with van der Waals surface area (Å²) in [6.45, 7) is 0. The zero-order valence-electron chi connectivity index (χ0n) is 10.7. The molecule has 0 atom stereocenters. The summed E-state index contributed by atoms with van der Waals surface area (Å²) in [5.41, 5.74) is 2.22. The minimum atomic E-state index is -0.480. The first-order valence-corrected chi connectivity index (χ1v) is 6.85. The van der Waals surface area contributed by atoms with E-state index in [1.807, 2.05) is 36.4 Å². The molecule has 0 saturated heterocycles. The summed E-state index contributed by atoms with van der Waals surface area (Å²) < 4.78 is 1.97. The largest absolute Gasteiger partial charge is 0.303 e. The zero-order chi connectivity index (χ0) is 14.8. The number of pyridine rings is 1. The van der Waals surface area contributed by atoms with Crippen LogP contribution in [0.1, 0.15) is 0 Å². The fourth-order valence-corrected chi connectivity index (χ4v) is 2.54. The molecule has 0 amide bonds. The van der Waals surface area contributed by atoms with Crippen molar-refractivity contribution in [3.63, 3.8) is 0 Å². The minimum Gasteiger partial charge on any atom is -0.258 e. The summed E-state index contributed by atoms with van der Waals surface area (Å²) >= 11 is 3.27. The van der Waals surface area contributed by atoms with E-state index in [9.17, 15) is 10.1 Å². The molecular weight excluding hydrogens is 336 g/mol. The molecule has 3 rings (SSSR count). The van der Waals surface area contributed by atoms with Gasteiger partial charge in [-0.1, -0.05) is 30.3 Å². The fraction of sp³-hybridized carbons (Fsp3) is 0. The first kappa shape index (κ1) is 13.4. The van der Waals surface area contributed by atoms with Gasteiger partial charge >= 0.3 is 5.69 Å². The number of hydrogen-bond acceptors (Lipinski definition) is 4. The third-order valence-electron chi connectivity index (χ3n) is 2.98. The van der Waals surface area contributed by atoms with Crippen LogP contribution in [0.4, 0.5) is 5.69 Å². The monoisotopic (exact) mass is 344 g/mol. The second-order valence-electron chi connectivity index (χ2n) is 4.24. The Kier molecular flexibility index (Phi) is 3.49. The molecule has 2 aromatic heterocycles. The molecule has 0 aliphatic carbocycles. The molecule has 0 spiro atoms. The summed E-state index contributed by atoms with van der Waals surface area (Å²) in [4.78, 5) is 14.4. The number of hydrogen-bond donors (Lipinski definition) is 0. The van der Waals surface area contributed by atoms with Crippen LogP contribution in [0.2, 0.25) is 0 Å². The maximum atomic E-state index is 11.0. The Morgan fingerprint density at radius 2 is 1.90 bits per heavy atom. The standard InChI is InChI=1S/C14H9BrN4O2/c15-14-12(8-16-9-13(14)19(20)21)18-11(6-7-17-18)10-4-2-1-3-5-10/h1-9H. The highest BCUT2D eigenvalue weighted by atomic mass is 79.9. The smallest absolute Gasteiger partial charge is 0.258 e. The van der Waals surface area contributed by atoms with Crippen molar-refractivity contribution in [2.24, 2.45) is 0 Å². The second kappa shape index (κ2) is 5.45. The van der Waals surface area contributed by atoms with Crippen LogP contribution in [0.3, 0.4) is 0 Å². The van der Waals surface area contributed by atoms with E-state index < -0.39 is 4.92 Å². The lowest BCUT2D eigenvalue weighted by Gasteiger charge is -2.09. The molecular formula is C14H9BrN4O2. The molecule has 0 radical (unpaired) electrons. The number of rotatable bonds is 3. The van der Waals surface area contributed by atoms with Gasteiger partial charge in [-0.3, -0.25) is 15.1 Å². The van der Waals surface area contributed by atoms with Crippen LogP contribution in [0, 0.1) is 10.1 Å². The number of aromatic nitrogens is 3. The van der Waals surface area contributed by atoms with E-state index in [0.717, 1.165) is 11.3 Å². The van der Waals surface area contributed by atoms with Gasteiger partial charge in [0, 0.05) is 5.56 Å². The highest BCUT2D eigenvalue weighted by Gasteiger charge is 2.19. The first-order valence-electron chi connectivity index (χ1n) is 6.06. The van der Waals surface area contributed by atoms with Crippen LogP contribution >= 0.6 is 15.9 Å². The van der Waals surface area contributed by atoms with E-state index in [4.69, 9.17) is 0 Å². The van der Waals surface area contributed by atoms with E-state index in [2.05, 4.69) is 26.0 Å². The van der Waals surface area contributed by atoms with Crippen molar-refractivity contribution in [3.05, 3.63) is 69.6 Å². The van der Waals surface area contributed by atoms with Gasteiger partial charge in [0.15, 0.2) is 0 Å². The Hall–Kier alpha value is -2.54. The predicted molar refractivity (Wildman–Crippen MR) is 81.1 cm³/mol. The summed E-state index contributed by atoms with van der Waals surface area (Å²) in [7, 11) is 0. The number of nitro groups is 1. The molecule has 0 N–H and O–H groups in total. The zero-order valence-corrected chi connectivity index (χ0v) is 12.3. The third-order valence-corrected chi connectivity index (χ3v) is 3.79. The molecule has 0 aliphatic heterocycles.